The fourth-order valence-corrected chi connectivity index (χ4v) is 8.77. The van der Waals surface area contributed by atoms with E-state index >= 15 is 0 Å². The minimum Gasteiger partial charge on any atom is -0.456 e. The predicted molar refractivity (Wildman–Crippen MR) is 203 cm³/mol. The van der Waals surface area contributed by atoms with Crippen molar-refractivity contribution >= 4 is 43.5 Å². The Morgan fingerprint density at radius 2 is 1.12 bits per heavy atom. The smallest absolute Gasteiger partial charge is 0.136 e. The van der Waals surface area contributed by atoms with Gasteiger partial charge in [-0.2, -0.15) is 0 Å². The lowest BCUT2D eigenvalue weighted by Crippen LogP contribution is -2.14. The second-order valence-electron chi connectivity index (χ2n) is 14.0. The van der Waals surface area contributed by atoms with E-state index in [0.717, 1.165) is 50.0 Å². The molecule has 0 radical (unpaired) electrons. The van der Waals surface area contributed by atoms with Crippen LogP contribution in [0.4, 0.5) is 0 Å². The third-order valence-corrected chi connectivity index (χ3v) is 11.1. The van der Waals surface area contributed by atoms with Gasteiger partial charge in [-0.1, -0.05) is 123 Å². The Balaban J connectivity index is 1.12. The van der Waals surface area contributed by atoms with Crippen molar-refractivity contribution in [1.82, 2.24) is 0 Å². The van der Waals surface area contributed by atoms with Crippen molar-refractivity contribution in [3.05, 3.63) is 157 Å². The molecular formula is C47H30O2. The van der Waals surface area contributed by atoms with E-state index in [9.17, 15) is 0 Å². The van der Waals surface area contributed by atoms with Crippen molar-refractivity contribution in [2.45, 2.75) is 19.3 Å². The molecule has 8 aromatic carbocycles. The lowest BCUT2D eigenvalue weighted by molar-refractivity contribution is 0.487. The highest BCUT2D eigenvalue weighted by Gasteiger charge is 2.36. The zero-order valence-corrected chi connectivity index (χ0v) is 27.2. The summed E-state index contributed by atoms with van der Waals surface area (Å²) >= 11 is 0. The van der Waals surface area contributed by atoms with Crippen LogP contribution in [0, 0.1) is 0 Å². The van der Waals surface area contributed by atoms with Gasteiger partial charge in [-0.15, -0.1) is 0 Å². The molecule has 0 fully saturated rings. The van der Waals surface area contributed by atoms with E-state index in [1.54, 1.807) is 0 Å². The SMILES string of the molecule is CC1(C)c2ccccc2-c2c(-c3ccc4c(c3)-c3cccc5c(-c6cccc7oc8cc9ccccc9cc8c67)ccc(c35)O4)cccc21. The quantitative estimate of drug-likeness (QED) is 0.190. The molecule has 11 rings (SSSR count). The largest absolute Gasteiger partial charge is 0.456 e. The molecule has 0 amide bonds. The molecule has 9 aromatic rings. The van der Waals surface area contributed by atoms with Crippen LogP contribution in [0.5, 0.6) is 11.5 Å². The first-order valence-corrected chi connectivity index (χ1v) is 17.0. The molecule has 2 nitrogen and oxygen atoms in total. The van der Waals surface area contributed by atoms with Gasteiger partial charge in [0, 0.05) is 27.1 Å². The summed E-state index contributed by atoms with van der Waals surface area (Å²) in [6.45, 7) is 4.68. The fourth-order valence-electron chi connectivity index (χ4n) is 8.77. The molecule has 0 unspecified atom stereocenters. The number of benzene rings is 8. The molecule has 1 aliphatic carbocycles. The van der Waals surface area contributed by atoms with Gasteiger partial charge in [0.1, 0.15) is 22.7 Å². The summed E-state index contributed by atoms with van der Waals surface area (Å²) in [7, 11) is 0. The molecule has 2 aliphatic rings. The normalized spacial score (nSPS) is 13.8. The van der Waals surface area contributed by atoms with Gasteiger partial charge in [-0.25, -0.2) is 0 Å². The van der Waals surface area contributed by atoms with Crippen LogP contribution in [-0.4, -0.2) is 0 Å². The highest BCUT2D eigenvalue weighted by Crippen LogP contribution is 2.54. The second-order valence-corrected chi connectivity index (χ2v) is 14.0. The van der Waals surface area contributed by atoms with Gasteiger partial charge in [-0.05, 0) is 103 Å². The minimum atomic E-state index is -0.0452. The molecule has 2 heterocycles. The summed E-state index contributed by atoms with van der Waals surface area (Å²) in [4.78, 5) is 0. The number of hydrogen-bond acceptors (Lipinski definition) is 2. The molecule has 0 spiro atoms. The molecule has 1 aliphatic heterocycles. The van der Waals surface area contributed by atoms with E-state index in [-0.39, 0.29) is 5.41 Å². The summed E-state index contributed by atoms with van der Waals surface area (Å²) in [5.41, 5.74) is 14.3. The molecule has 230 valence electrons. The Labute approximate surface area is 283 Å². The lowest BCUT2D eigenvalue weighted by Gasteiger charge is -2.24. The Hall–Kier alpha value is -6.12. The molecule has 2 heteroatoms. The molecule has 0 N–H and O–H groups in total. The minimum absolute atomic E-state index is 0.0452. The maximum Gasteiger partial charge on any atom is 0.136 e. The van der Waals surface area contributed by atoms with Crippen LogP contribution in [0.1, 0.15) is 25.0 Å². The number of ether oxygens (including phenoxy) is 1. The summed E-state index contributed by atoms with van der Waals surface area (Å²) < 4.78 is 13.1. The van der Waals surface area contributed by atoms with Gasteiger partial charge in [0.05, 0.1) is 0 Å². The van der Waals surface area contributed by atoms with Crippen LogP contribution in [-0.2, 0) is 5.41 Å². The maximum absolute atomic E-state index is 6.69. The van der Waals surface area contributed by atoms with Crippen molar-refractivity contribution in [1.29, 1.82) is 0 Å². The standard InChI is InChI=1S/C47H30O2/c1-47(2)38-17-6-5-12-35(38)44-30(13-8-18-39(44)47)29-20-22-40-36(25-29)34-15-7-14-32-31(21-23-42(48-40)45(32)34)33-16-9-19-41-46(33)37-24-27-10-3-4-11-28(27)26-43(37)49-41/h3-26H,1-2H3. The van der Waals surface area contributed by atoms with Gasteiger partial charge >= 0.3 is 0 Å². The Kier molecular flexibility index (Phi) is 5.21. The average molecular weight is 627 g/mol. The van der Waals surface area contributed by atoms with Crippen LogP contribution in [0.15, 0.2) is 150 Å². The average Bonchev–Trinajstić information content (AvgIpc) is 3.62. The van der Waals surface area contributed by atoms with E-state index in [1.807, 2.05) is 0 Å². The highest BCUT2D eigenvalue weighted by atomic mass is 16.5. The first kappa shape index (κ1) is 26.9. The van der Waals surface area contributed by atoms with Crippen molar-refractivity contribution in [3.8, 4) is 56.0 Å². The molecule has 1 aromatic heterocycles. The monoisotopic (exact) mass is 626 g/mol. The summed E-state index contributed by atoms with van der Waals surface area (Å²) in [5.74, 6) is 1.78. The zero-order chi connectivity index (χ0) is 32.4. The van der Waals surface area contributed by atoms with Crippen LogP contribution >= 0.6 is 0 Å². The highest BCUT2D eigenvalue weighted by molar-refractivity contribution is 6.19. The van der Waals surface area contributed by atoms with Gasteiger partial charge in [0.25, 0.3) is 0 Å². The molecule has 0 saturated carbocycles. The summed E-state index contributed by atoms with van der Waals surface area (Å²) in [5, 5.41) is 6.98. The van der Waals surface area contributed by atoms with Gasteiger partial charge in [0.15, 0.2) is 0 Å². The summed E-state index contributed by atoms with van der Waals surface area (Å²) in [6.07, 6.45) is 0. The van der Waals surface area contributed by atoms with Crippen molar-refractivity contribution in [3.63, 3.8) is 0 Å². The first-order valence-electron chi connectivity index (χ1n) is 17.0. The van der Waals surface area contributed by atoms with E-state index in [1.165, 1.54) is 60.7 Å². The van der Waals surface area contributed by atoms with Crippen molar-refractivity contribution in [2.24, 2.45) is 0 Å². The van der Waals surface area contributed by atoms with Crippen LogP contribution in [0.25, 0.3) is 88.0 Å². The number of furan rings is 1. The molecular weight excluding hydrogens is 597 g/mol. The van der Waals surface area contributed by atoms with E-state index < -0.39 is 0 Å². The first-order chi connectivity index (χ1) is 24.0. The summed E-state index contributed by atoms with van der Waals surface area (Å²) in [6, 6.07) is 52.7. The number of hydrogen-bond donors (Lipinski definition) is 0. The zero-order valence-electron chi connectivity index (χ0n) is 27.2. The molecule has 0 saturated heterocycles. The van der Waals surface area contributed by atoms with Crippen molar-refractivity contribution in [2.75, 3.05) is 0 Å². The maximum atomic E-state index is 6.69. The fraction of sp³-hybridized carbons (Fsp3) is 0.0638. The van der Waals surface area contributed by atoms with Gasteiger partial charge in [0.2, 0.25) is 0 Å². The van der Waals surface area contributed by atoms with Crippen molar-refractivity contribution < 1.29 is 9.15 Å². The predicted octanol–water partition coefficient (Wildman–Crippen LogP) is 13.3. The van der Waals surface area contributed by atoms with Crippen LogP contribution < -0.4 is 4.74 Å². The van der Waals surface area contributed by atoms with Crippen LogP contribution in [0.3, 0.4) is 0 Å². The third kappa shape index (κ3) is 3.61. The third-order valence-electron chi connectivity index (χ3n) is 11.1. The van der Waals surface area contributed by atoms with Gasteiger partial charge in [-0.3, -0.25) is 0 Å². The Morgan fingerprint density at radius 1 is 0.429 bits per heavy atom. The molecule has 0 atom stereocenters. The topological polar surface area (TPSA) is 22.4 Å². The van der Waals surface area contributed by atoms with E-state index in [4.69, 9.17) is 9.15 Å². The Bertz CT molecular complexity index is 2880. The molecule has 0 bridgehead atoms. The molecule has 49 heavy (non-hydrogen) atoms. The Morgan fingerprint density at radius 3 is 2.02 bits per heavy atom. The van der Waals surface area contributed by atoms with Gasteiger partial charge < -0.3 is 9.15 Å². The number of rotatable bonds is 2. The second kappa shape index (κ2) is 9.49. The number of fused-ring (bicyclic) bond motifs is 9. The lowest BCUT2D eigenvalue weighted by atomic mass is 9.82. The van der Waals surface area contributed by atoms with E-state index in [2.05, 4.69) is 159 Å². The van der Waals surface area contributed by atoms with E-state index in [0.29, 0.717) is 0 Å². The van der Waals surface area contributed by atoms with Crippen LogP contribution in [0.2, 0.25) is 0 Å².